The molecule has 0 aromatic heterocycles. The second kappa shape index (κ2) is 6.86. The molecule has 2 heterocycles. The van der Waals surface area contributed by atoms with Crippen LogP contribution in [0.4, 0.5) is 0 Å². The Kier molecular flexibility index (Phi) is 4.42. The van der Waals surface area contributed by atoms with Gasteiger partial charge in [0, 0.05) is 31.5 Å². The van der Waals surface area contributed by atoms with Crippen molar-refractivity contribution >= 4 is 17.5 Å². The first kappa shape index (κ1) is 16.1. The van der Waals surface area contributed by atoms with E-state index in [2.05, 4.69) is 10.5 Å². The molecule has 4 rings (SSSR count). The Bertz CT molecular complexity index is 676. The van der Waals surface area contributed by atoms with Crippen molar-refractivity contribution in [2.45, 2.75) is 44.2 Å². The minimum atomic E-state index is -0.535. The number of likely N-dealkylation sites (tertiary alicyclic amines) is 1. The fraction of sp³-hybridized carbons (Fsp3) is 0.526. The molecule has 2 aliphatic heterocycles. The minimum Gasteiger partial charge on any atom is -0.382 e. The van der Waals surface area contributed by atoms with Gasteiger partial charge >= 0.3 is 0 Å². The monoisotopic (exact) mass is 341 g/mol. The van der Waals surface area contributed by atoms with Crippen LogP contribution in [0, 0.1) is 5.92 Å². The Morgan fingerprint density at radius 1 is 1.08 bits per heavy atom. The lowest BCUT2D eigenvalue weighted by molar-refractivity contribution is -0.144. The smallest absolute Gasteiger partial charge is 0.266 e. The largest absolute Gasteiger partial charge is 0.382 e. The van der Waals surface area contributed by atoms with E-state index in [9.17, 15) is 9.59 Å². The number of hydrogen-bond donors (Lipinski definition) is 1. The molecule has 0 bridgehead atoms. The molecule has 1 aliphatic carbocycles. The Balaban J connectivity index is 1.27. The van der Waals surface area contributed by atoms with Crippen molar-refractivity contribution in [3.63, 3.8) is 0 Å². The summed E-state index contributed by atoms with van der Waals surface area (Å²) in [6.45, 7) is 1.23. The van der Waals surface area contributed by atoms with Gasteiger partial charge in [0.2, 0.25) is 12.0 Å². The van der Waals surface area contributed by atoms with Crippen molar-refractivity contribution in [2.75, 3.05) is 13.1 Å². The normalized spacial score (nSPS) is 23.8. The molecule has 2 fully saturated rings. The summed E-state index contributed by atoms with van der Waals surface area (Å²) in [7, 11) is 0. The maximum Gasteiger partial charge on any atom is 0.266 e. The standard InChI is InChI=1S/C19H23N3O3/c23-18(20-15-6-7-15)14-8-10-22(11-9-14)19(24)17-12-16(21-25-17)13-4-2-1-3-5-13/h1-5,14-15,17H,6-12H2,(H,20,23)/t17-/m1/s1. The zero-order chi connectivity index (χ0) is 17.2. The van der Waals surface area contributed by atoms with Crippen LogP contribution in [0.3, 0.4) is 0 Å². The molecular weight excluding hydrogens is 318 g/mol. The number of benzene rings is 1. The van der Waals surface area contributed by atoms with Gasteiger partial charge in [-0.25, -0.2) is 0 Å². The Morgan fingerprint density at radius 3 is 2.48 bits per heavy atom. The SMILES string of the molecule is O=C(NC1CC1)C1CCN(C(=O)[C@H]2CC(c3ccccc3)=NO2)CC1. The number of nitrogens with zero attached hydrogens (tertiary/aromatic N) is 2. The minimum absolute atomic E-state index is 0.0178. The van der Waals surface area contributed by atoms with Crippen LogP contribution in [-0.2, 0) is 14.4 Å². The fourth-order valence-corrected chi connectivity index (χ4v) is 3.42. The van der Waals surface area contributed by atoms with Gasteiger partial charge in [-0.05, 0) is 31.2 Å². The number of hydrogen-bond acceptors (Lipinski definition) is 4. The molecule has 132 valence electrons. The van der Waals surface area contributed by atoms with Crippen LogP contribution < -0.4 is 5.32 Å². The average Bonchev–Trinajstić information content (AvgIpc) is 3.34. The van der Waals surface area contributed by atoms with E-state index in [0.29, 0.717) is 25.6 Å². The van der Waals surface area contributed by atoms with Gasteiger partial charge in [-0.2, -0.15) is 0 Å². The van der Waals surface area contributed by atoms with Crippen LogP contribution in [0.15, 0.2) is 35.5 Å². The number of nitrogens with one attached hydrogen (secondary N) is 1. The van der Waals surface area contributed by atoms with Gasteiger partial charge in [0.1, 0.15) is 0 Å². The molecular formula is C19H23N3O3. The molecule has 25 heavy (non-hydrogen) atoms. The van der Waals surface area contributed by atoms with Crippen molar-refractivity contribution in [2.24, 2.45) is 11.1 Å². The first-order chi connectivity index (χ1) is 12.2. The zero-order valence-electron chi connectivity index (χ0n) is 14.2. The maximum absolute atomic E-state index is 12.7. The van der Waals surface area contributed by atoms with E-state index in [0.717, 1.165) is 37.0 Å². The molecule has 2 amide bonds. The van der Waals surface area contributed by atoms with E-state index in [1.807, 2.05) is 35.2 Å². The van der Waals surface area contributed by atoms with Crippen LogP contribution in [0.25, 0.3) is 0 Å². The highest BCUT2D eigenvalue weighted by molar-refractivity contribution is 6.04. The molecule has 0 radical (unpaired) electrons. The van der Waals surface area contributed by atoms with Crippen LogP contribution in [0.2, 0.25) is 0 Å². The second-order valence-electron chi connectivity index (χ2n) is 7.08. The predicted molar refractivity (Wildman–Crippen MR) is 92.9 cm³/mol. The van der Waals surface area contributed by atoms with Crippen LogP contribution in [0.5, 0.6) is 0 Å². The number of amides is 2. The summed E-state index contributed by atoms with van der Waals surface area (Å²) in [5, 5.41) is 7.15. The third kappa shape index (κ3) is 3.67. The predicted octanol–water partition coefficient (Wildman–Crippen LogP) is 1.70. The first-order valence-corrected chi connectivity index (χ1v) is 9.08. The molecule has 6 nitrogen and oxygen atoms in total. The molecule has 1 saturated carbocycles. The Morgan fingerprint density at radius 2 is 1.80 bits per heavy atom. The maximum atomic E-state index is 12.7. The summed E-state index contributed by atoms with van der Waals surface area (Å²) >= 11 is 0. The summed E-state index contributed by atoms with van der Waals surface area (Å²) in [5.74, 6) is 0.169. The van der Waals surface area contributed by atoms with E-state index >= 15 is 0 Å². The number of carbonyl (C=O) groups is 2. The highest BCUT2D eigenvalue weighted by Crippen LogP contribution is 2.24. The summed E-state index contributed by atoms with van der Waals surface area (Å²) in [6.07, 6.45) is 3.63. The molecule has 1 aromatic carbocycles. The summed E-state index contributed by atoms with van der Waals surface area (Å²) in [5.41, 5.74) is 1.81. The van der Waals surface area contributed by atoms with Crippen molar-refractivity contribution in [1.29, 1.82) is 0 Å². The fourth-order valence-electron chi connectivity index (χ4n) is 3.42. The quantitative estimate of drug-likeness (QED) is 0.906. The lowest BCUT2D eigenvalue weighted by Gasteiger charge is -2.32. The van der Waals surface area contributed by atoms with Gasteiger partial charge in [0.05, 0.1) is 5.71 Å². The zero-order valence-corrected chi connectivity index (χ0v) is 14.2. The van der Waals surface area contributed by atoms with Crippen molar-refractivity contribution in [3.05, 3.63) is 35.9 Å². The van der Waals surface area contributed by atoms with Crippen LogP contribution >= 0.6 is 0 Å². The Labute approximate surface area is 147 Å². The molecule has 1 saturated heterocycles. The highest BCUT2D eigenvalue weighted by Gasteiger charge is 2.36. The molecule has 1 N–H and O–H groups in total. The second-order valence-corrected chi connectivity index (χ2v) is 7.08. The molecule has 1 aromatic rings. The van der Waals surface area contributed by atoms with E-state index < -0.39 is 6.10 Å². The van der Waals surface area contributed by atoms with E-state index in [4.69, 9.17) is 4.84 Å². The van der Waals surface area contributed by atoms with Gasteiger partial charge in [-0.15, -0.1) is 0 Å². The van der Waals surface area contributed by atoms with Gasteiger partial charge in [-0.3, -0.25) is 9.59 Å². The van der Waals surface area contributed by atoms with Gasteiger partial charge in [0.15, 0.2) is 0 Å². The van der Waals surface area contributed by atoms with Gasteiger partial charge < -0.3 is 15.1 Å². The summed E-state index contributed by atoms with van der Waals surface area (Å²) < 4.78 is 0. The first-order valence-electron chi connectivity index (χ1n) is 9.08. The molecule has 0 spiro atoms. The Hall–Kier alpha value is -2.37. The van der Waals surface area contributed by atoms with Crippen LogP contribution in [0.1, 0.15) is 37.7 Å². The molecule has 6 heteroatoms. The van der Waals surface area contributed by atoms with Gasteiger partial charge in [0.25, 0.3) is 5.91 Å². The topological polar surface area (TPSA) is 71.0 Å². The van der Waals surface area contributed by atoms with E-state index in [1.54, 1.807) is 0 Å². The lowest BCUT2D eigenvalue weighted by atomic mass is 9.95. The third-order valence-electron chi connectivity index (χ3n) is 5.15. The van der Waals surface area contributed by atoms with Gasteiger partial charge in [-0.1, -0.05) is 35.5 Å². The molecule has 1 atom stereocenters. The number of oxime groups is 1. The van der Waals surface area contributed by atoms with E-state index in [-0.39, 0.29) is 17.7 Å². The number of piperidine rings is 1. The van der Waals surface area contributed by atoms with E-state index in [1.165, 1.54) is 0 Å². The van der Waals surface area contributed by atoms with Crippen molar-refractivity contribution in [1.82, 2.24) is 10.2 Å². The third-order valence-corrected chi connectivity index (χ3v) is 5.15. The lowest BCUT2D eigenvalue weighted by Crippen LogP contribution is -2.46. The number of carbonyl (C=O) groups excluding carboxylic acids is 2. The van der Waals surface area contributed by atoms with Crippen molar-refractivity contribution in [3.8, 4) is 0 Å². The summed E-state index contributed by atoms with van der Waals surface area (Å²) in [6, 6.07) is 10.2. The average molecular weight is 341 g/mol. The van der Waals surface area contributed by atoms with Crippen LogP contribution in [-0.4, -0.2) is 47.7 Å². The van der Waals surface area contributed by atoms with Crippen molar-refractivity contribution < 1.29 is 14.4 Å². The molecule has 3 aliphatic rings. The highest BCUT2D eigenvalue weighted by atomic mass is 16.6. The number of rotatable bonds is 4. The summed E-state index contributed by atoms with van der Waals surface area (Å²) in [4.78, 5) is 32.0. The molecule has 0 unspecified atom stereocenters.